The van der Waals surface area contributed by atoms with E-state index in [4.69, 9.17) is 17.1 Å². The van der Waals surface area contributed by atoms with Gasteiger partial charge in [0.25, 0.3) is 0 Å². The van der Waals surface area contributed by atoms with Gasteiger partial charge in [-0.25, -0.2) is 0 Å². The van der Waals surface area contributed by atoms with Crippen LogP contribution in [0.25, 0.3) is 16.5 Å². The second-order valence-corrected chi connectivity index (χ2v) is 3.00. The van der Waals surface area contributed by atoms with Crippen LogP contribution in [-0.4, -0.2) is 11.7 Å². The van der Waals surface area contributed by atoms with E-state index in [1.54, 1.807) is 24.3 Å². The minimum Gasteiger partial charge on any atom is -0.508 e. The minimum absolute atomic E-state index is 0.112. The van der Waals surface area contributed by atoms with Crippen molar-refractivity contribution in [2.24, 2.45) is 5.11 Å². The topological polar surface area (TPSA) is 69.0 Å². The molecule has 1 aromatic carbocycles. The number of phenolic OH excluding ortho intramolecular Hbond substituents is 1. The number of rotatable bonds is 3. The van der Waals surface area contributed by atoms with Crippen molar-refractivity contribution < 1.29 is 5.11 Å². The number of azide groups is 1. The molecule has 1 aromatic rings. The normalized spacial score (nSPS) is 10.1. The van der Waals surface area contributed by atoms with Crippen molar-refractivity contribution >= 4 is 17.7 Å². The quantitative estimate of drug-likeness (QED) is 0.463. The Bertz CT molecular complexity index is 377. The molecule has 0 atom stereocenters. The SMILES string of the molecule is [N-]=[N+]=NCC=Cc1cc(O)cc(Cl)c1. The number of halogens is 1. The fourth-order valence-corrected chi connectivity index (χ4v) is 1.20. The highest BCUT2D eigenvalue weighted by atomic mass is 35.5. The van der Waals surface area contributed by atoms with Gasteiger partial charge in [0.1, 0.15) is 5.75 Å². The average Bonchev–Trinajstić information content (AvgIpc) is 2.11. The van der Waals surface area contributed by atoms with Crippen LogP contribution in [0.15, 0.2) is 29.4 Å². The predicted octanol–water partition coefficient (Wildman–Crippen LogP) is 3.37. The monoisotopic (exact) mass is 209 g/mol. The van der Waals surface area contributed by atoms with Crippen molar-refractivity contribution in [1.82, 2.24) is 0 Å². The third-order valence-electron chi connectivity index (χ3n) is 1.47. The standard InChI is InChI=1S/C9H8ClN3O/c10-8-4-7(5-9(14)6-8)2-1-3-12-13-11/h1-2,4-6,14H,3H2. The van der Waals surface area contributed by atoms with Gasteiger partial charge in [0.15, 0.2) is 0 Å². The zero-order valence-electron chi connectivity index (χ0n) is 7.26. The highest BCUT2D eigenvalue weighted by Gasteiger charge is 1.94. The smallest absolute Gasteiger partial charge is 0.117 e. The number of aromatic hydroxyl groups is 1. The lowest BCUT2D eigenvalue weighted by molar-refractivity contribution is 0.475. The second kappa shape index (κ2) is 5.17. The van der Waals surface area contributed by atoms with E-state index in [9.17, 15) is 5.11 Å². The Morgan fingerprint density at radius 3 is 2.93 bits per heavy atom. The summed E-state index contributed by atoms with van der Waals surface area (Å²) in [6.07, 6.45) is 3.41. The summed E-state index contributed by atoms with van der Waals surface area (Å²) in [6.45, 7) is 0.282. The molecule has 0 unspecified atom stereocenters. The molecular weight excluding hydrogens is 202 g/mol. The van der Waals surface area contributed by atoms with Gasteiger partial charge in [-0.2, -0.15) is 0 Å². The van der Waals surface area contributed by atoms with Crippen LogP contribution < -0.4 is 0 Å². The van der Waals surface area contributed by atoms with Crippen molar-refractivity contribution in [3.63, 3.8) is 0 Å². The molecular formula is C9H8ClN3O. The number of phenols is 1. The molecule has 0 radical (unpaired) electrons. The molecule has 5 heteroatoms. The summed E-state index contributed by atoms with van der Waals surface area (Å²) in [6, 6.07) is 4.72. The third-order valence-corrected chi connectivity index (χ3v) is 1.68. The lowest BCUT2D eigenvalue weighted by atomic mass is 10.2. The molecule has 0 spiro atoms. The van der Waals surface area contributed by atoms with Crippen LogP contribution in [0.3, 0.4) is 0 Å². The summed E-state index contributed by atoms with van der Waals surface area (Å²) in [5.41, 5.74) is 8.78. The van der Waals surface area contributed by atoms with E-state index in [0.717, 1.165) is 5.56 Å². The third kappa shape index (κ3) is 3.39. The minimum atomic E-state index is 0.112. The van der Waals surface area contributed by atoms with Gasteiger partial charge in [0.05, 0.1) is 0 Å². The lowest BCUT2D eigenvalue weighted by Gasteiger charge is -1.96. The van der Waals surface area contributed by atoms with Crippen molar-refractivity contribution in [2.45, 2.75) is 0 Å². The van der Waals surface area contributed by atoms with Crippen LogP contribution in [0.5, 0.6) is 5.75 Å². The Kier molecular flexibility index (Phi) is 3.85. The zero-order chi connectivity index (χ0) is 10.4. The Morgan fingerprint density at radius 2 is 2.29 bits per heavy atom. The predicted molar refractivity (Wildman–Crippen MR) is 56.2 cm³/mol. The van der Waals surface area contributed by atoms with Gasteiger partial charge in [-0.05, 0) is 29.3 Å². The highest BCUT2D eigenvalue weighted by molar-refractivity contribution is 6.30. The van der Waals surface area contributed by atoms with E-state index < -0.39 is 0 Å². The van der Waals surface area contributed by atoms with Gasteiger partial charge in [0, 0.05) is 16.5 Å². The van der Waals surface area contributed by atoms with E-state index in [1.165, 1.54) is 6.07 Å². The Hall–Kier alpha value is -1.64. The number of hydrogen-bond donors (Lipinski definition) is 1. The van der Waals surface area contributed by atoms with E-state index in [1.807, 2.05) is 0 Å². The molecule has 0 saturated carbocycles. The molecule has 0 bridgehead atoms. The van der Waals surface area contributed by atoms with Crippen LogP contribution in [-0.2, 0) is 0 Å². The van der Waals surface area contributed by atoms with Crippen molar-refractivity contribution in [3.05, 3.63) is 45.3 Å². The van der Waals surface area contributed by atoms with Crippen LogP contribution in [0.1, 0.15) is 5.56 Å². The first kappa shape index (κ1) is 10.4. The molecule has 0 aliphatic rings. The largest absolute Gasteiger partial charge is 0.508 e. The number of nitrogens with zero attached hydrogens (tertiary/aromatic N) is 3. The lowest BCUT2D eigenvalue weighted by Crippen LogP contribution is -1.74. The van der Waals surface area contributed by atoms with Gasteiger partial charge in [-0.15, -0.1) is 0 Å². The highest BCUT2D eigenvalue weighted by Crippen LogP contribution is 2.20. The molecule has 1 rings (SSSR count). The Morgan fingerprint density at radius 1 is 1.50 bits per heavy atom. The van der Waals surface area contributed by atoms with Gasteiger partial charge in [-0.3, -0.25) is 0 Å². The maximum atomic E-state index is 9.20. The second-order valence-electron chi connectivity index (χ2n) is 2.56. The molecule has 14 heavy (non-hydrogen) atoms. The summed E-state index contributed by atoms with van der Waals surface area (Å²) in [5, 5.41) is 13.0. The molecule has 72 valence electrons. The van der Waals surface area contributed by atoms with E-state index >= 15 is 0 Å². The Balaban J connectivity index is 2.75. The van der Waals surface area contributed by atoms with Crippen molar-refractivity contribution in [1.29, 1.82) is 0 Å². The molecule has 4 nitrogen and oxygen atoms in total. The summed E-state index contributed by atoms with van der Waals surface area (Å²) < 4.78 is 0. The first-order valence-corrected chi connectivity index (χ1v) is 4.27. The molecule has 0 saturated heterocycles. The molecule has 1 N–H and O–H groups in total. The van der Waals surface area contributed by atoms with Crippen molar-refractivity contribution in [2.75, 3.05) is 6.54 Å². The molecule has 0 aliphatic heterocycles. The Labute approximate surface area is 86.1 Å². The van der Waals surface area contributed by atoms with Gasteiger partial charge < -0.3 is 5.11 Å². The maximum absolute atomic E-state index is 9.20. The van der Waals surface area contributed by atoms with Gasteiger partial charge in [0.2, 0.25) is 0 Å². The molecule has 0 aromatic heterocycles. The number of hydrogen-bond acceptors (Lipinski definition) is 2. The first-order valence-electron chi connectivity index (χ1n) is 3.89. The summed E-state index contributed by atoms with van der Waals surface area (Å²) >= 11 is 5.71. The fourth-order valence-electron chi connectivity index (χ4n) is 0.965. The molecule has 0 heterocycles. The van der Waals surface area contributed by atoms with Crippen LogP contribution >= 0.6 is 11.6 Å². The zero-order valence-corrected chi connectivity index (χ0v) is 8.02. The van der Waals surface area contributed by atoms with Crippen LogP contribution in [0.2, 0.25) is 5.02 Å². The van der Waals surface area contributed by atoms with Gasteiger partial charge in [-0.1, -0.05) is 28.9 Å². The summed E-state index contributed by atoms with van der Waals surface area (Å²) in [4.78, 5) is 2.60. The first-order chi connectivity index (χ1) is 6.72. The van der Waals surface area contributed by atoms with Crippen LogP contribution in [0.4, 0.5) is 0 Å². The number of benzene rings is 1. The summed E-state index contributed by atoms with van der Waals surface area (Å²) in [7, 11) is 0. The van der Waals surface area contributed by atoms with Crippen LogP contribution in [0, 0.1) is 0 Å². The summed E-state index contributed by atoms with van der Waals surface area (Å²) in [5.74, 6) is 0.112. The average molecular weight is 210 g/mol. The van der Waals surface area contributed by atoms with E-state index in [0.29, 0.717) is 5.02 Å². The van der Waals surface area contributed by atoms with Crippen molar-refractivity contribution in [3.8, 4) is 5.75 Å². The fraction of sp³-hybridized carbons (Fsp3) is 0.111. The van der Waals surface area contributed by atoms with Gasteiger partial charge >= 0.3 is 0 Å². The maximum Gasteiger partial charge on any atom is 0.117 e. The molecule has 0 amide bonds. The van der Waals surface area contributed by atoms with E-state index in [2.05, 4.69) is 10.0 Å². The van der Waals surface area contributed by atoms with E-state index in [-0.39, 0.29) is 12.3 Å². The molecule has 0 aliphatic carbocycles. The molecule has 0 fully saturated rings.